The van der Waals surface area contributed by atoms with Crippen LogP contribution in [0.3, 0.4) is 0 Å². The second kappa shape index (κ2) is 7.35. The number of likely N-dealkylation sites (tertiary alicyclic amines) is 1. The number of aromatic nitrogens is 1. The monoisotopic (exact) mass is 363 g/mol. The number of amides is 1. The number of alkyl halides is 3. The minimum Gasteiger partial charge on any atom is -0.354 e. The van der Waals surface area contributed by atoms with Crippen molar-refractivity contribution in [3.8, 4) is 0 Å². The fourth-order valence-electron chi connectivity index (χ4n) is 2.93. The van der Waals surface area contributed by atoms with Gasteiger partial charge in [0.05, 0.1) is 23.0 Å². The normalized spacial score (nSPS) is 15.8. The quantitative estimate of drug-likeness (QED) is 0.859. The zero-order chi connectivity index (χ0) is 18.7. The van der Waals surface area contributed by atoms with Crippen molar-refractivity contribution >= 4 is 17.3 Å². The van der Waals surface area contributed by atoms with Crippen molar-refractivity contribution in [2.24, 2.45) is 5.92 Å². The Balaban J connectivity index is 1.70. The summed E-state index contributed by atoms with van der Waals surface area (Å²) in [5, 5.41) is 2.99. The van der Waals surface area contributed by atoms with E-state index in [1.165, 1.54) is 24.5 Å². The average molecular weight is 363 g/mol. The van der Waals surface area contributed by atoms with Crippen LogP contribution in [-0.4, -0.2) is 28.9 Å². The van der Waals surface area contributed by atoms with Crippen molar-refractivity contribution in [3.63, 3.8) is 0 Å². The van der Waals surface area contributed by atoms with Crippen LogP contribution in [0.4, 0.5) is 24.5 Å². The lowest BCUT2D eigenvalue weighted by atomic mass is 9.99. The van der Waals surface area contributed by atoms with Crippen LogP contribution < -0.4 is 5.32 Å². The number of nitrogens with one attached hydrogen (secondary N) is 1. The number of nitrogens with zero attached hydrogens (tertiary/aromatic N) is 2. The van der Waals surface area contributed by atoms with Gasteiger partial charge in [0.1, 0.15) is 0 Å². The van der Waals surface area contributed by atoms with Gasteiger partial charge in [0.2, 0.25) is 0 Å². The molecule has 26 heavy (non-hydrogen) atoms. The van der Waals surface area contributed by atoms with Gasteiger partial charge in [0.15, 0.2) is 0 Å². The van der Waals surface area contributed by atoms with Gasteiger partial charge < -0.3 is 10.2 Å². The number of carbonyl (C=O) groups is 1. The average Bonchev–Trinajstić information content (AvgIpc) is 2.62. The summed E-state index contributed by atoms with van der Waals surface area (Å²) in [4.78, 5) is 18.5. The van der Waals surface area contributed by atoms with Crippen molar-refractivity contribution in [1.82, 2.24) is 9.88 Å². The lowest BCUT2D eigenvalue weighted by Gasteiger charge is -2.30. The number of rotatable bonds is 3. The van der Waals surface area contributed by atoms with E-state index < -0.39 is 11.7 Å². The predicted octanol–water partition coefficient (Wildman–Crippen LogP) is 4.72. The molecule has 0 saturated carbocycles. The van der Waals surface area contributed by atoms with Gasteiger partial charge in [0, 0.05) is 25.0 Å². The summed E-state index contributed by atoms with van der Waals surface area (Å²) in [7, 11) is 0. The highest BCUT2D eigenvalue weighted by Crippen LogP contribution is 2.30. The number of hydrogen-bond acceptors (Lipinski definition) is 3. The molecule has 0 radical (unpaired) electrons. The molecule has 1 saturated heterocycles. The van der Waals surface area contributed by atoms with Crippen molar-refractivity contribution in [2.45, 2.75) is 25.9 Å². The van der Waals surface area contributed by atoms with Crippen LogP contribution in [0, 0.1) is 5.92 Å². The first-order chi connectivity index (χ1) is 12.3. The minimum atomic E-state index is -4.36. The summed E-state index contributed by atoms with van der Waals surface area (Å²) in [5.41, 5.74) is 0.818. The summed E-state index contributed by atoms with van der Waals surface area (Å²) >= 11 is 0. The van der Waals surface area contributed by atoms with Crippen LogP contribution in [0.2, 0.25) is 0 Å². The second-order valence-electron chi connectivity index (χ2n) is 6.64. The predicted molar refractivity (Wildman–Crippen MR) is 93.3 cm³/mol. The highest BCUT2D eigenvalue weighted by molar-refractivity contribution is 5.95. The van der Waals surface area contributed by atoms with Crippen molar-refractivity contribution in [3.05, 3.63) is 53.9 Å². The van der Waals surface area contributed by atoms with Gasteiger partial charge in [-0.3, -0.25) is 9.78 Å². The van der Waals surface area contributed by atoms with Crippen LogP contribution in [0.5, 0.6) is 0 Å². The molecular formula is C19H20F3N3O. The van der Waals surface area contributed by atoms with Crippen molar-refractivity contribution in [1.29, 1.82) is 0 Å². The number of anilines is 2. The molecule has 0 aliphatic carbocycles. The summed E-state index contributed by atoms with van der Waals surface area (Å²) < 4.78 is 37.9. The van der Waals surface area contributed by atoms with Gasteiger partial charge >= 0.3 is 6.18 Å². The molecule has 1 amide bonds. The molecule has 3 rings (SSSR count). The smallest absolute Gasteiger partial charge is 0.354 e. The highest BCUT2D eigenvalue weighted by atomic mass is 19.4. The number of pyridine rings is 1. The zero-order valence-corrected chi connectivity index (χ0v) is 14.4. The molecule has 1 aromatic carbocycles. The molecule has 0 spiro atoms. The molecule has 1 aromatic heterocycles. The van der Waals surface area contributed by atoms with Crippen molar-refractivity contribution in [2.75, 3.05) is 18.4 Å². The second-order valence-corrected chi connectivity index (χ2v) is 6.64. The van der Waals surface area contributed by atoms with E-state index in [0.29, 0.717) is 22.9 Å². The number of hydrogen-bond donors (Lipinski definition) is 1. The highest BCUT2D eigenvalue weighted by Gasteiger charge is 2.30. The fraction of sp³-hybridized carbons (Fsp3) is 0.368. The van der Waals surface area contributed by atoms with Crippen LogP contribution in [0.1, 0.15) is 35.7 Å². The Morgan fingerprint density at radius 2 is 1.77 bits per heavy atom. The van der Waals surface area contributed by atoms with Gasteiger partial charge in [-0.15, -0.1) is 0 Å². The molecule has 1 aliphatic heterocycles. The van der Waals surface area contributed by atoms with E-state index in [1.54, 1.807) is 6.07 Å². The molecule has 4 nitrogen and oxygen atoms in total. The van der Waals surface area contributed by atoms with Crippen molar-refractivity contribution < 1.29 is 18.0 Å². The summed E-state index contributed by atoms with van der Waals surface area (Å²) in [6.07, 6.45) is 0.661. The molecule has 0 bridgehead atoms. The first kappa shape index (κ1) is 18.2. The maximum Gasteiger partial charge on any atom is 0.416 e. The van der Waals surface area contributed by atoms with Crippen LogP contribution in [0.25, 0.3) is 0 Å². The standard InChI is InChI=1S/C19H20F3N3O/c1-13-6-8-25(9-7-13)18(26)14-10-17(12-23-11-14)24-16-4-2-15(3-5-16)19(20,21)22/h2-5,10-13,24H,6-9H2,1H3. The molecular weight excluding hydrogens is 343 g/mol. The Morgan fingerprint density at radius 1 is 1.12 bits per heavy atom. The molecule has 2 heterocycles. The van der Waals surface area contributed by atoms with Crippen LogP contribution >= 0.6 is 0 Å². The lowest BCUT2D eigenvalue weighted by Crippen LogP contribution is -2.37. The Morgan fingerprint density at radius 3 is 2.38 bits per heavy atom. The fourth-order valence-corrected chi connectivity index (χ4v) is 2.93. The van der Waals surface area contributed by atoms with E-state index >= 15 is 0 Å². The number of benzene rings is 1. The first-order valence-electron chi connectivity index (χ1n) is 8.51. The Labute approximate surface area is 150 Å². The Bertz CT molecular complexity index is 766. The number of piperidine rings is 1. The minimum absolute atomic E-state index is 0.0690. The maximum atomic E-state index is 12.6. The molecule has 1 N–H and O–H groups in total. The van der Waals surface area contributed by atoms with Gasteiger partial charge in [0.25, 0.3) is 5.91 Å². The van der Waals surface area contributed by atoms with E-state index in [1.807, 2.05) is 4.90 Å². The van der Waals surface area contributed by atoms with Gasteiger partial charge in [-0.2, -0.15) is 13.2 Å². The zero-order valence-electron chi connectivity index (χ0n) is 14.4. The largest absolute Gasteiger partial charge is 0.416 e. The SMILES string of the molecule is CC1CCN(C(=O)c2cncc(Nc3ccc(C(F)(F)F)cc3)c2)CC1. The molecule has 0 unspecified atom stereocenters. The molecule has 1 aliphatic rings. The van der Waals surface area contributed by atoms with Gasteiger partial charge in [-0.25, -0.2) is 0 Å². The van der Waals surface area contributed by atoms with Gasteiger partial charge in [-0.05, 0) is 49.1 Å². The number of carbonyl (C=O) groups excluding carboxylic acids is 1. The number of halogens is 3. The van der Waals surface area contributed by atoms with Crippen LogP contribution in [0.15, 0.2) is 42.7 Å². The molecule has 1 fully saturated rings. The van der Waals surface area contributed by atoms with Crippen LogP contribution in [-0.2, 0) is 6.18 Å². The maximum absolute atomic E-state index is 12.6. The Hall–Kier alpha value is -2.57. The molecule has 0 atom stereocenters. The van der Waals surface area contributed by atoms with E-state index in [-0.39, 0.29) is 5.91 Å². The van der Waals surface area contributed by atoms with E-state index in [9.17, 15) is 18.0 Å². The third-order valence-corrected chi connectivity index (χ3v) is 4.56. The van der Waals surface area contributed by atoms with Gasteiger partial charge in [-0.1, -0.05) is 6.92 Å². The third-order valence-electron chi connectivity index (χ3n) is 4.56. The summed E-state index contributed by atoms with van der Waals surface area (Å²) in [6.45, 7) is 3.64. The summed E-state index contributed by atoms with van der Waals surface area (Å²) in [5.74, 6) is 0.560. The first-order valence-corrected chi connectivity index (χ1v) is 8.51. The lowest BCUT2D eigenvalue weighted by molar-refractivity contribution is -0.137. The molecule has 7 heteroatoms. The molecule has 138 valence electrons. The summed E-state index contributed by atoms with van der Waals surface area (Å²) in [6, 6.07) is 6.40. The van der Waals surface area contributed by atoms with E-state index in [2.05, 4.69) is 17.2 Å². The Kier molecular flexibility index (Phi) is 5.15. The topological polar surface area (TPSA) is 45.2 Å². The third kappa shape index (κ3) is 4.33. The molecule has 2 aromatic rings. The van der Waals surface area contributed by atoms with E-state index in [0.717, 1.165) is 38.1 Å². The van der Waals surface area contributed by atoms with E-state index in [4.69, 9.17) is 0 Å².